The normalized spacial score (nSPS) is 14.3. The van der Waals surface area contributed by atoms with Gasteiger partial charge in [-0.2, -0.15) is 0 Å². The molecule has 0 spiro atoms. The fourth-order valence-corrected chi connectivity index (χ4v) is 4.36. The SMILES string of the molecule is Cc1ccc(N(C(=O)CNC(=O)c2ccco2)[C@H](C(=O)NC2CCCC2)c2ccncc2)cc1C. The average molecular weight is 475 g/mol. The number of carbonyl (C=O) groups is 3. The van der Waals surface area contributed by atoms with E-state index in [1.165, 1.54) is 17.2 Å². The monoisotopic (exact) mass is 474 g/mol. The number of furan rings is 1. The summed E-state index contributed by atoms with van der Waals surface area (Å²) in [6.07, 6.45) is 8.59. The number of nitrogens with one attached hydrogen (secondary N) is 2. The van der Waals surface area contributed by atoms with Crippen molar-refractivity contribution in [3.05, 3.63) is 83.6 Å². The highest BCUT2D eigenvalue weighted by atomic mass is 16.3. The number of pyridine rings is 1. The molecular formula is C27H30N4O4. The lowest BCUT2D eigenvalue weighted by Gasteiger charge is -2.32. The third-order valence-corrected chi connectivity index (χ3v) is 6.41. The van der Waals surface area contributed by atoms with Crippen LogP contribution >= 0.6 is 0 Å². The first-order chi connectivity index (χ1) is 16.9. The summed E-state index contributed by atoms with van der Waals surface area (Å²) in [5, 5.41) is 5.75. The van der Waals surface area contributed by atoms with E-state index in [0.717, 1.165) is 36.8 Å². The fourth-order valence-electron chi connectivity index (χ4n) is 4.36. The molecule has 1 aliphatic rings. The van der Waals surface area contributed by atoms with Crippen molar-refractivity contribution in [2.75, 3.05) is 11.4 Å². The number of rotatable bonds is 8. The molecule has 1 fully saturated rings. The molecule has 8 heteroatoms. The van der Waals surface area contributed by atoms with E-state index in [0.29, 0.717) is 11.3 Å². The maximum absolute atomic E-state index is 13.7. The molecule has 35 heavy (non-hydrogen) atoms. The first-order valence-corrected chi connectivity index (χ1v) is 11.9. The lowest BCUT2D eigenvalue weighted by atomic mass is 10.0. The van der Waals surface area contributed by atoms with Gasteiger partial charge in [-0.05, 0) is 79.8 Å². The average Bonchev–Trinajstić information content (AvgIpc) is 3.58. The van der Waals surface area contributed by atoms with E-state index in [2.05, 4.69) is 15.6 Å². The smallest absolute Gasteiger partial charge is 0.287 e. The van der Waals surface area contributed by atoms with Gasteiger partial charge >= 0.3 is 0 Å². The molecule has 4 rings (SSSR count). The number of benzene rings is 1. The Bertz CT molecular complexity index is 1170. The zero-order valence-electron chi connectivity index (χ0n) is 20.0. The largest absolute Gasteiger partial charge is 0.459 e. The molecule has 1 aromatic carbocycles. The minimum atomic E-state index is -0.922. The Labute approximate surface area is 204 Å². The van der Waals surface area contributed by atoms with Crippen LogP contribution in [-0.4, -0.2) is 35.3 Å². The number of aryl methyl sites for hydroxylation is 2. The summed E-state index contributed by atoms with van der Waals surface area (Å²) in [5.74, 6) is -1.07. The number of nitrogens with zero attached hydrogens (tertiary/aromatic N) is 2. The molecule has 2 N–H and O–H groups in total. The first kappa shape index (κ1) is 24.2. The highest BCUT2D eigenvalue weighted by Crippen LogP contribution is 2.30. The molecular weight excluding hydrogens is 444 g/mol. The van der Waals surface area contributed by atoms with Crippen LogP contribution in [0, 0.1) is 13.8 Å². The number of aromatic nitrogens is 1. The van der Waals surface area contributed by atoms with Crippen molar-refractivity contribution in [2.45, 2.75) is 51.6 Å². The Morgan fingerprint density at radius 3 is 2.46 bits per heavy atom. The molecule has 1 saturated carbocycles. The second-order valence-electron chi connectivity index (χ2n) is 8.87. The zero-order chi connectivity index (χ0) is 24.8. The van der Waals surface area contributed by atoms with Gasteiger partial charge in [0, 0.05) is 24.1 Å². The number of carbonyl (C=O) groups excluding carboxylic acids is 3. The van der Waals surface area contributed by atoms with E-state index in [-0.39, 0.29) is 24.3 Å². The lowest BCUT2D eigenvalue weighted by Crippen LogP contribution is -2.49. The summed E-state index contributed by atoms with van der Waals surface area (Å²) in [4.78, 5) is 45.3. The summed E-state index contributed by atoms with van der Waals surface area (Å²) in [5.41, 5.74) is 3.28. The van der Waals surface area contributed by atoms with Crippen molar-refractivity contribution in [3.63, 3.8) is 0 Å². The van der Waals surface area contributed by atoms with Gasteiger partial charge in [0.15, 0.2) is 5.76 Å². The molecule has 182 valence electrons. The van der Waals surface area contributed by atoms with Crippen LogP contribution in [0.2, 0.25) is 0 Å². The molecule has 2 heterocycles. The van der Waals surface area contributed by atoms with Gasteiger partial charge in [-0.1, -0.05) is 18.9 Å². The number of amides is 3. The lowest BCUT2D eigenvalue weighted by molar-refractivity contribution is -0.126. The van der Waals surface area contributed by atoms with Gasteiger partial charge in [0.05, 0.1) is 12.8 Å². The van der Waals surface area contributed by atoms with Gasteiger partial charge in [-0.25, -0.2) is 0 Å². The van der Waals surface area contributed by atoms with E-state index in [4.69, 9.17) is 4.42 Å². The molecule has 3 aromatic rings. The van der Waals surface area contributed by atoms with Gasteiger partial charge in [0.2, 0.25) is 11.8 Å². The van der Waals surface area contributed by atoms with Crippen molar-refractivity contribution >= 4 is 23.4 Å². The van der Waals surface area contributed by atoms with Gasteiger partial charge < -0.3 is 15.1 Å². The molecule has 1 atom stereocenters. The zero-order valence-corrected chi connectivity index (χ0v) is 20.0. The topological polar surface area (TPSA) is 105 Å². The maximum atomic E-state index is 13.7. The Morgan fingerprint density at radius 2 is 1.80 bits per heavy atom. The quantitative estimate of drug-likeness (QED) is 0.516. The van der Waals surface area contributed by atoms with E-state index in [1.54, 1.807) is 30.6 Å². The molecule has 0 saturated heterocycles. The summed E-state index contributed by atoms with van der Waals surface area (Å²) >= 11 is 0. The predicted molar refractivity (Wildman–Crippen MR) is 132 cm³/mol. The van der Waals surface area contributed by atoms with Crippen molar-refractivity contribution < 1.29 is 18.8 Å². The summed E-state index contributed by atoms with van der Waals surface area (Å²) in [6.45, 7) is 3.65. The summed E-state index contributed by atoms with van der Waals surface area (Å²) < 4.78 is 5.12. The van der Waals surface area contributed by atoms with Crippen LogP contribution in [0.3, 0.4) is 0 Å². The van der Waals surface area contributed by atoms with E-state index in [9.17, 15) is 14.4 Å². The Balaban J connectivity index is 1.69. The molecule has 0 radical (unpaired) electrons. The van der Waals surface area contributed by atoms with Gasteiger partial charge in [-0.3, -0.25) is 24.3 Å². The standard InChI is InChI=1S/C27H30N4O4/c1-18-9-10-22(16-19(18)2)31(24(32)17-29-26(33)23-8-5-15-35-23)25(20-11-13-28-14-12-20)27(34)30-21-6-3-4-7-21/h5,8-16,21,25H,3-4,6-7,17H2,1-2H3,(H,29,33)(H,30,34)/t25-/m0/s1. The minimum absolute atomic E-state index is 0.0854. The van der Waals surface area contributed by atoms with Crippen LogP contribution in [0.4, 0.5) is 5.69 Å². The summed E-state index contributed by atoms with van der Waals surface area (Å²) in [7, 11) is 0. The molecule has 0 unspecified atom stereocenters. The molecule has 3 amide bonds. The van der Waals surface area contributed by atoms with Crippen LogP contribution in [0.5, 0.6) is 0 Å². The second-order valence-corrected chi connectivity index (χ2v) is 8.87. The molecule has 8 nitrogen and oxygen atoms in total. The van der Waals surface area contributed by atoms with Crippen LogP contribution in [0.1, 0.15) is 59.0 Å². The van der Waals surface area contributed by atoms with Gasteiger partial charge in [0.25, 0.3) is 5.91 Å². The van der Waals surface area contributed by atoms with Crippen LogP contribution in [-0.2, 0) is 9.59 Å². The van der Waals surface area contributed by atoms with Crippen molar-refractivity contribution in [1.82, 2.24) is 15.6 Å². The van der Waals surface area contributed by atoms with Gasteiger partial charge in [-0.15, -0.1) is 0 Å². The third-order valence-electron chi connectivity index (χ3n) is 6.41. The van der Waals surface area contributed by atoms with Crippen LogP contribution in [0.25, 0.3) is 0 Å². The van der Waals surface area contributed by atoms with E-state index >= 15 is 0 Å². The third kappa shape index (κ3) is 5.77. The molecule has 0 bridgehead atoms. The molecule has 2 aromatic heterocycles. The summed E-state index contributed by atoms with van der Waals surface area (Å²) in [6, 6.07) is 11.4. The van der Waals surface area contributed by atoms with Crippen molar-refractivity contribution in [1.29, 1.82) is 0 Å². The van der Waals surface area contributed by atoms with Crippen molar-refractivity contribution in [2.24, 2.45) is 0 Å². The number of hydrogen-bond acceptors (Lipinski definition) is 5. The van der Waals surface area contributed by atoms with Crippen LogP contribution < -0.4 is 15.5 Å². The Hall–Kier alpha value is -3.94. The second kappa shape index (κ2) is 11.0. The van der Waals surface area contributed by atoms with Gasteiger partial charge in [0.1, 0.15) is 6.04 Å². The van der Waals surface area contributed by atoms with E-state index in [1.807, 2.05) is 32.0 Å². The predicted octanol–water partition coefficient (Wildman–Crippen LogP) is 3.85. The number of hydrogen-bond donors (Lipinski definition) is 2. The van der Waals surface area contributed by atoms with Crippen molar-refractivity contribution in [3.8, 4) is 0 Å². The Kier molecular flexibility index (Phi) is 7.60. The molecule has 1 aliphatic carbocycles. The fraction of sp³-hybridized carbons (Fsp3) is 0.333. The molecule has 0 aliphatic heterocycles. The Morgan fingerprint density at radius 1 is 1.06 bits per heavy atom. The highest BCUT2D eigenvalue weighted by molar-refractivity contribution is 6.04. The van der Waals surface area contributed by atoms with E-state index < -0.39 is 17.9 Å². The maximum Gasteiger partial charge on any atom is 0.287 e. The van der Waals surface area contributed by atoms with Crippen LogP contribution in [0.15, 0.2) is 65.5 Å². The minimum Gasteiger partial charge on any atom is -0.459 e. The first-order valence-electron chi connectivity index (χ1n) is 11.9. The highest BCUT2D eigenvalue weighted by Gasteiger charge is 2.34. The number of anilines is 1.